The molecule has 2 heterocycles. The number of rotatable bonds is 7. The van der Waals surface area contributed by atoms with Crippen LogP contribution in [0.2, 0.25) is 0 Å². The Balaban J connectivity index is 1.44. The fraction of sp³-hybridized carbons (Fsp3) is 0.333. The van der Waals surface area contributed by atoms with E-state index in [4.69, 9.17) is 14.6 Å². The van der Waals surface area contributed by atoms with Crippen molar-refractivity contribution >= 4 is 29.3 Å². The van der Waals surface area contributed by atoms with Crippen molar-refractivity contribution in [3.8, 4) is 11.5 Å². The van der Waals surface area contributed by atoms with Gasteiger partial charge in [0.2, 0.25) is 11.1 Å². The number of thioether (sulfide) groups is 1. The summed E-state index contributed by atoms with van der Waals surface area (Å²) in [6, 6.07) is 14.3. The average molecular weight is 505 g/mol. The summed E-state index contributed by atoms with van der Waals surface area (Å²) in [7, 11) is 3.21. The van der Waals surface area contributed by atoms with Gasteiger partial charge in [0.25, 0.3) is 0 Å². The van der Waals surface area contributed by atoms with Gasteiger partial charge in [-0.05, 0) is 53.8 Å². The maximum absolute atomic E-state index is 13.3. The van der Waals surface area contributed by atoms with Gasteiger partial charge in [-0.15, -0.1) is 5.10 Å². The van der Waals surface area contributed by atoms with Crippen molar-refractivity contribution in [1.82, 2.24) is 14.8 Å². The Labute approximate surface area is 214 Å². The number of carbonyl (C=O) groups excluding carboxylic acids is 2. The number of carbonyl (C=O) groups is 2. The van der Waals surface area contributed by atoms with Crippen LogP contribution in [0.5, 0.6) is 11.5 Å². The molecule has 2 aliphatic rings. The normalized spacial score (nSPS) is 18.2. The van der Waals surface area contributed by atoms with E-state index in [1.807, 2.05) is 24.3 Å². The van der Waals surface area contributed by atoms with E-state index in [0.717, 1.165) is 29.0 Å². The second-order valence-electron chi connectivity index (χ2n) is 9.74. The summed E-state index contributed by atoms with van der Waals surface area (Å²) in [4.78, 5) is 30.7. The summed E-state index contributed by atoms with van der Waals surface area (Å²) in [6.45, 7) is 4.20. The second-order valence-corrected chi connectivity index (χ2v) is 10.7. The Morgan fingerprint density at radius 2 is 1.69 bits per heavy atom. The van der Waals surface area contributed by atoms with Gasteiger partial charge in [-0.2, -0.15) is 4.98 Å². The molecule has 8 nitrogen and oxygen atoms in total. The Bertz CT molecular complexity index is 1340. The van der Waals surface area contributed by atoms with Crippen LogP contribution in [0.1, 0.15) is 48.7 Å². The van der Waals surface area contributed by atoms with E-state index in [-0.39, 0.29) is 22.7 Å². The number of benzene rings is 2. The second kappa shape index (κ2) is 9.46. The topological polar surface area (TPSA) is 95.3 Å². The van der Waals surface area contributed by atoms with Gasteiger partial charge in [0.15, 0.2) is 11.6 Å². The van der Waals surface area contributed by atoms with Gasteiger partial charge in [-0.25, -0.2) is 4.68 Å². The number of anilines is 1. The summed E-state index contributed by atoms with van der Waals surface area (Å²) >= 11 is 1.28. The lowest BCUT2D eigenvalue weighted by Gasteiger charge is -2.38. The van der Waals surface area contributed by atoms with Crippen molar-refractivity contribution in [3.05, 3.63) is 70.9 Å². The molecule has 0 amide bonds. The molecule has 0 saturated heterocycles. The SMILES string of the molecule is COc1ccc(C(=O)CSc2nc3n(n2)C(c2ccc(OC)cc2)C2=C(CC(C)(C)CC2=O)N3)cc1. The van der Waals surface area contributed by atoms with Crippen LogP contribution < -0.4 is 14.8 Å². The summed E-state index contributed by atoms with van der Waals surface area (Å²) in [5.74, 6) is 2.29. The van der Waals surface area contributed by atoms with Crippen LogP contribution in [-0.4, -0.2) is 46.3 Å². The molecule has 2 aromatic carbocycles. The third kappa shape index (κ3) is 4.63. The van der Waals surface area contributed by atoms with Crippen molar-refractivity contribution in [2.45, 2.75) is 37.9 Å². The van der Waals surface area contributed by atoms with Crippen molar-refractivity contribution < 1.29 is 19.1 Å². The smallest absolute Gasteiger partial charge is 0.227 e. The number of hydrogen-bond donors (Lipinski definition) is 1. The highest BCUT2D eigenvalue weighted by Crippen LogP contribution is 2.45. The highest BCUT2D eigenvalue weighted by molar-refractivity contribution is 7.99. The zero-order valence-corrected chi connectivity index (χ0v) is 21.5. The largest absolute Gasteiger partial charge is 0.497 e. The van der Waals surface area contributed by atoms with Crippen LogP contribution in [-0.2, 0) is 4.79 Å². The van der Waals surface area contributed by atoms with E-state index in [1.54, 1.807) is 43.2 Å². The quantitative estimate of drug-likeness (QED) is 0.358. The molecule has 1 aliphatic carbocycles. The number of ketones is 2. The van der Waals surface area contributed by atoms with Gasteiger partial charge in [0.05, 0.1) is 20.0 Å². The molecule has 9 heteroatoms. The van der Waals surface area contributed by atoms with Gasteiger partial charge in [0.1, 0.15) is 17.5 Å². The van der Waals surface area contributed by atoms with E-state index in [2.05, 4.69) is 24.1 Å². The lowest BCUT2D eigenvalue weighted by Crippen LogP contribution is -2.36. The van der Waals surface area contributed by atoms with Crippen LogP contribution in [0.25, 0.3) is 0 Å². The fourth-order valence-electron chi connectivity index (χ4n) is 4.74. The van der Waals surface area contributed by atoms with Gasteiger partial charge in [-0.1, -0.05) is 37.7 Å². The monoisotopic (exact) mass is 504 g/mol. The first-order valence-corrected chi connectivity index (χ1v) is 12.7. The van der Waals surface area contributed by atoms with Gasteiger partial charge in [-0.3, -0.25) is 9.59 Å². The molecule has 1 unspecified atom stereocenters. The first kappa shape index (κ1) is 24.1. The van der Waals surface area contributed by atoms with Crippen LogP contribution in [0.3, 0.4) is 0 Å². The first-order chi connectivity index (χ1) is 17.3. The van der Waals surface area contributed by atoms with Crippen LogP contribution in [0.4, 0.5) is 5.95 Å². The van der Waals surface area contributed by atoms with E-state index in [0.29, 0.717) is 28.8 Å². The first-order valence-electron chi connectivity index (χ1n) is 11.7. The van der Waals surface area contributed by atoms with Gasteiger partial charge >= 0.3 is 0 Å². The third-order valence-corrected chi connectivity index (χ3v) is 7.33. The lowest BCUT2D eigenvalue weighted by atomic mass is 9.73. The minimum Gasteiger partial charge on any atom is -0.497 e. The number of nitrogens with zero attached hydrogens (tertiary/aromatic N) is 3. The molecule has 0 bridgehead atoms. The van der Waals surface area contributed by atoms with Crippen LogP contribution in [0.15, 0.2) is 65.0 Å². The van der Waals surface area contributed by atoms with Crippen LogP contribution in [0, 0.1) is 5.41 Å². The molecule has 1 aliphatic heterocycles. The number of fused-ring (bicyclic) bond motifs is 1. The number of methoxy groups -OCH3 is 2. The Hall–Kier alpha value is -3.59. The molecule has 1 N–H and O–H groups in total. The molecule has 1 atom stereocenters. The number of nitrogens with one attached hydrogen (secondary N) is 1. The predicted molar refractivity (Wildman–Crippen MR) is 138 cm³/mol. The number of hydrogen-bond acceptors (Lipinski definition) is 8. The maximum atomic E-state index is 13.3. The van der Waals surface area contributed by atoms with Gasteiger partial charge in [0, 0.05) is 23.3 Å². The van der Waals surface area contributed by atoms with E-state index >= 15 is 0 Å². The number of allylic oxidation sites excluding steroid dienone is 2. The van der Waals surface area contributed by atoms with E-state index < -0.39 is 6.04 Å². The van der Waals surface area contributed by atoms with Crippen molar-refractivity contribution in [3.63, 3.8) is 0 Å². The summed E-state index contributed by atoms with van der Waals surface area (Å²) in [5.41, 5.74) is 3.00. The molecule has 1 aromatic heterocycles. The summed E-state index contributed by atoms with van der Waals surface area (Å²) in [6.07, 6.45) is 1.22. The van der Waals surface area contributed by atoms with Crippen molar-refractivity contribution in [2.75, 3.05) is 25.3 Å². The molecule has 0 saturated carbocycles. The Morgan fingerprint density at radius 3 is 2.33 bits per heavy atom. The molecule has 3 aromatic rings. The molecule has 0 radical (unpaired) electrons. The van der Waals surface area contributed by atoms with Crippen LogP contribution >= 0.6 is 11.8 Å². The highest BCUT2D eigenvalue weighted by atomic mass is 32.2. The van der Waals surface area contributed by atoms with E-state index in [9.17, 15) is 9.59 Å². The Kier molecular flexibility index (Phi) is 6.34. The standard InChI is InChI=1S/C27H28N4O4S/c1-27(2)13-20-23(21(32)14-27)24(17-7-11-19(35-4)12-8-17)31-25(28-20)29-26(30-31)36-15-22(33)16-5-9-18(34-3)10-6-16/h5-12,24H,13-15H2,1-4H3,(H,28,29,30). The zero-order valence-electron chi connectivity index (χ0n) is 20.7. The molecule has 5 rings (SSSR count). The molecule has 186 valence electrons. The molecule has 36 heavy (non-hydrogen) atoms. The molecular weight excluding hydrogens is 476 g/mol. The predicted octanol–water partition coefficient (Wildman–Crippen LogP) is 4.93. The third-order valence-electron chi connectivity index (χ3n) is 6.49. The minimum absolute atomic E-state index is 0.0237. The fourth-order valence-corrected chi connectivity index (χ4v) is 5.46. The Morgan fingerprint density at radius 1 is 1.06 bits per heavy atom. The molecule has 0 fully saturated rings. The number of Topliss-reactive ketones (excluding diaryl/α,β-unsaturated/α-hetero) is 2. The maximum Gasteiger partial charge on any atom is 0.227 e. The molecular formula is C27H28N4O4S. The van der Waals surface area contributed by atoms with Crippen molar-refractivity contribution in [1.29, 1.82) is 0 Å². The van der Waals surface area contributed by atoms with Crippen molar-refractivity contribution in [2.24, 2.45) is 5.41 Å². The lowest BCUT2D eigenvalue weighted by molar-refractivity contribution is -0.118. The summed E-state index contributed by atoms with van der Waals surface area (Å²) < 4.78 is 12.2. The number of aromatic nitrogens is 3. The van der Waals surface area contributed by atoms with E-state index in [1.165, 1.54) is 11.8 Å². The highest BCUT2D eigenvalue weighted by Gasteiger charge is 2.41. The minimum atomic E-state index is -0.398. The van der Waals surface area contributed by atoms with Gasteiger partial charge < -0.3 is 14.8 Å². The number of ether oxygens (including phenoxy) is 2. The molecule has 0 spiro atoms. The average Bonchev–Trinajstić information content (AvgIpc) is 3.28. The zero-order chi connectivity index (χ0) is 25.4. The summed E-state index contributed by atoms with van der Waals surface area (Å²) in [5, 5.41) is 8.57.